The van der Waals surface area contributed by atoms with Crippen LogP contribution in [0.15, 0.2) is 18.2 Å². The van der Waals surface area contributed by atoms with Gasteiger partial charge < -0.3 is 19.4 Å². The van der Waals surface area contributed by atoms with E-state index in [0.717, 1.165) is 28.6 Å². The van der Waals surface area contributed by atoms with Gasteiger partial charge in [0.15, 0.2) is 0 Å². The van der Waals surface area contributed by atoms with E-state index in [1.807, 2.05) is 31.5 Å². The average Bonchev–Trinajstić information content (AvgIpc) is 2.82. The van der Waals surface area contributed by atoms with Crippen molar-refractivity contribution in [3.8, 4) is 0 Å². The van der Waals surface area contributed by atoms with E-state index in [1.165, 1.54) is 5.56 Å². The van der Waals surface area contributed by atoms with Crippen LogP contribution in [0, 0.1) is 13.8 Å². The normalized spacial score (nSPS) is 21.2. The number of hydrogen-bond acceptors (Lipinski definition) is 3. The summed E-state index contributed by atoms with van der Waals surface area (Å²) in [6, 6.07) is 6.18. The third-order valence-electron chi connectivity index (χ3n) is 4.88. The van der Waals surface area contributed by atoms with Gasteiger partial charge in [0, 0.05) is 25.6 Å². The molecule has 0 aliphatic carbocycles. The summed E-state index contributed by atoms with van der Waals surface area (Å²) in [7, 11) is 1.96. The molecule has 1 fully saturated rings. The van der Waals surface area contributed by atoms with Crippen LogP contribution in [-0.4, -0.2) is 42.4 Å². The second-order valence-electron chi connectivity index (χ2n) is 6.44. The van der Waals surface area contributed by atoms with Crippen LogP contribution in [0.5, 0.6) is 0 Å². The quantitative estimate of drug-likeness (QED) is 0.938. The number of nitrogens with one attached hydrogen (secondary N) is 1. The average molecular weight is 330 g/mol. The maximum Gasteiger partial charge on any atom is 0.268 e. The third-order valence-corrected chi connectivity index (χ3v) is 4.88. The van der Waals surface area contributed by atoms with E-state index < -0.39 is 0 Å². The van der Waals surface area contributed by atoms with Crippen LogP contribution in [0.25, 0.3) is 10.9 Å². The topological polar surface area (TPSA) is 52.5 Å². The lowest BCUT2D eigenvalue weighted by Gasteiger charge is -2.31. The standard InChI is InChI=1S/C19H26N2O3/c1-5-24-16-11-23-10-9-15(16)20-19(22)18-13(3)14-8-6-7-12(2)17(14)21(18)4/h6-8,15-16H,5,9-11H2,1-4H3,(H,20,22)/t15-,16-/m1/s1. The van der Waals surface area contributed by atoms with Crippen LogP contribution in [0.1, 0.15) is 35.0 Å². The molecule has 5 heteroatoms. The molecule has 1 amide bonds. The van der Waals surface area contributed by atoms with E-state index in [0.29, 0.717) is 19.8 Å². The van der Waals surface area contributed by atoms with Gasteiger partial charge in [-0.25, -0.2) is 0 Å². The van der Waals surface area contributed by atoms with E-state index in [1.54, 1.807) is 0 Å². The second kappa shape index (κ2) is 6.95. The highest BCUT2D eigenvalue weighted by Crippen LogP contribution is 2.27. The lowest BCUT2D eigenvalue weighted by atomic mass is 10.1. The Morgan fingerprint density at radius 2 is 2.21 bits per heavy atom. The number of fused-ring (bicyclic) bond motifs is 1. The molecule has 0 unspecified atom stereocenters. The molecular weight excluding hydrogens is 304 g/mol. The number of carbonyl (C=O) groups excluding carboxylic acids is 1. The molecule has 2 heterocycles. The molecule has 2 aromatic rings. The Morgan fingerprint density at radius 1 is 1.42 bits per heavy atom. The molecule has 1 aliphatic heterocycles. The zero-order valence-corrected chi connectivity index (χ0v) is 14.9. The maximum atomic E-state index is 13.0. The van der Waals surface area contributed by atoms with Crippen molar-refractivity contribution >= 4 is 16.8 Å². The third kappa shape index (κ3) is 2.94. The minimum atomic E-state index is -0.0792. The largest absolute Gasteiger partial charge is 0.379 e. The molecule has 0 spiro atoms. The first kappa shape index (κ1) is 17.0. The number of carbonyl (C=O) groups is 1. The summed E-state index contributed by atoms with van der Waals surface area (Å²) in [5, 5.41) is 4.30. The molecule has 0 radical (unpaired) electrons. The van der Waals surface area contributed by atoms with Crippen molar-refractivity contribution in [1.82, 2.24) is 9.88 Å². The zero-order valence-electron chi connectivity index (χ0n) is 14.9. The molecule has 3 rings (SSSR count). The van der Waals surface area contributed by atoms with Crippen LogP contribution in [0.4, 0.5) is 0 Å². The molecule has 5 nitrogen and oxygen atoms in total. The van der Waals surface area contributed by atoms with Gasteiger partial charge in [0.2, 0.25) is 0 Å². The van der Waals surface area contributed by atoms with Gasteiger partial charge in [0.05, 0.1) is 18.2 Å². The van der Waals surface area contributed by atoms with Crippen molar-refractivity contribution in [2.45, 2.75) is 39.3 Å². The Bertz CT molecular complexity index is 749. The Kier molecular flexibility index (Phi) is 4.92. The number of nitrogens with zero attached hydrogens (tertiary/aromatic N) is 1. The molecule has 1 aliphatic rings. The number of amides is 1. The highest BCUT2D eigenvalue weighted by atomic mass is 16.5. The van der Waals surface area contributed by atoms with Crippen LogP contribution in [0.2, 0.25) is 0 Å². The number of rotatable bonds is 4. The Labute approximate surface area is 142 Å². The molecule has 2 atom stereocenters. The van der Waals surface area contributed by atoms with Gasteiger partial charge in [0.1, 0.15) is 11.8 Å². The Balaban J connectivity index is 1.90. The molecular formula is C19H26N2O3. The molecule has 1 aromatic carbocycles. The highest BCUT2D eigenvalue weighted by Gasteiger charge is 2.29. The Hall–Kier alpha value is -1.85. The molecule has 130 valence electrons. The monoisotopic (exact) mass is 330 g/mol. The molecule has 1 saturated heterocycles. The van der Waals surface area contributed by atoms with Gasteiger partial charge in [-0.05, 0) is 38.3 Å². The van der Waals surface area contributed by atoms with Crippen molar-refractivity contribution in [3.05, 3.63) is 35.0 Å². The smallest absolute Gasteiger partial charge is 0.268 e. The van der Waals surface area contributed by atoms with Crippen molar-refractivity contribution in [2.75, 3.05) is 19.8 Å². The number of hydrogen-bond donors (Lipinski definition) is 1. The minimum absolute atomic E-state index is 0.00953. The van der Waals surface area contributed by atoms with Gasteiger partial charge in [0.25, 0.3) is 5.91 Å². The summed E-state index contributed by atoms with van der Waals surface area (Å²) < 4.78 is 13.2. The summed E-state index contributed by atoms with van der Waals surface area (Å²) in [5.41, 5.74) is 4.04. The fourth-order valence-electron chi connectivity index (χ4n) is 3.71. The number of aryl methyl sites for hydroxylation is 3. The van der Waals surface area contributed by atoms with Crippen LogP contribution >= 0.6 is 0 Å². The highest BCUT2D eigenvalue weighted by molar-refractivity contribution is 6.02. The molecule has 0 bridgehead atoms. The van der Waals surface area contributed by atoms with Crippen molar-refractivity contribution in [2.24, 2.45) is 7.05 Å². The predicted molar refractivity (Wildman–Crippen MR) is 94.5 cm³/mol. The van der Waals surface area contributed by atoms with Crippen molar-refractivity contribution in [1.29, 1.82) is 0 Å². The van der Waals surface area contributed by atoms with Gasteiger partial charge in [-0.1, -0.05) is 18.2 Å². The van der Waals surface area contributed by atoms with Crippen molar-refractivity contribution < 1.29 is 14.3 Å². The van der Waals surface area contributed by atoms with Gasteiger partial charge in [-0.3, -0.25) is 4.79 Å². The first-order valence-corrected chi connectivity index (χ1v) is 8.59. The predicted octanol–water partition coefficient (Wildman–Crippen LogP) is 2.72. The molecule has 1 aromatic heterocycles. The summed E-state index contributed by atoms with van der Waals surface area (Å²) in [6.07, 6.45) is 0.697. The van der Waals surface area contributed by atoms with E-state index >= 15 is 0 Å². The zero-order chi connectivity index (χ0) is 17.3. The van der Waals surface area contributed by atoms with Gasteiger partial charge in [-0.15, -0.1) is 0 Å². The van der Waals surface area contributed by atoms with E-state index in [-0.39, 0.29) is 18.1 Å². The number of para-hydroxylation sites is 1. The summed E-state index contributed by atoms with van der Waals surface area (Å²) in [5.74, 6) is -0.0396. The number of aromatic nitrogens is 1. The van der Waals surface area contributed by atoms with E-state index in [4.69, 9.17) is 9.47 Å². The minimum Gasteiger partial charge on any atom is -0.379 e. The first-order chi connectivity index (χ1) is 11.5. The maximum absolute atomic E-state index is 13.0. The Morgan fingerprint density at radius 3 is 2.92 bits per heavy atom. The number of ether oxygens (including phenoxy) is 2. The lowest BCUT2D eigenvalue weighted by molar-refractivity contribution is -0.0633. The van der Waals surface area contributed by atoms with Crippen molar-refractivity contribution in [3.63, 3.8) is 0 Å². The summed E-state index contributed by atoms with van der Waals surface area (Å²) >= 11 is 0. The fourth-order valence-corrected chi connectivity index (χ4v) is 3.71. The summed E-state index contributed by atoms with van der Waals surface area (Å²) in [6.45, 7) is 7.86. The SMILES string of the molecule is CCO[C@@H]1COCC[C@H]1NC(=O)c1c(C)c2cccc(C)c2n1C. The molecule has 24 heavy (non-hydrogen) atoms. The molecule has 1 N–H and O–H groups in total. The molecule has 0 saturated carbocycles. The van der Waals surface area contributed by atoms with Crippen LogP contribution in [-0.2, 0) is 16.5 Å². The first-order valence-electron chi connectivity index (χ1n) is 8.59. The van der Waals surface area contributed by atoms with E-state index in [9.17, 15) is 4.79 Å². The van der Waals surface area contributed by atoms with Crippen LogP contribution in [0.3, 0.4) is 0 Å². The van der Waals surface area contributed by atoms with Gasteiger partial charge >= 0.3 is 0 Å². The summed E-state index contributed by atoms with van der Waals surface area (Å²) in [4.78, 5) is 13.0. The van der Waals surface area contributed by atoms with Gasteiger partial charge in [-0.2, -0.15) is 0 Å². The second-order valence-corrected chi connectivity index (χ2v) is 6.44. The lowest BCUT2D eigenvalue weighted by Crippen LogP contribution is -2.50. The van der Waals surface area contributed by atoms with E-state index in [2.05, 4.69) is 24.4 Å². The fraction of sp³-hybridized carbons (Fsp3) is 0.526. The van der Waals surface area contributed by atoms with Crippen LogP contribution < -0.4 is 5.32 Å². The number of benzene rings is 1.